The Balaban J connectivity index is 1.66. The van der Waals surface area contributed by atoms with Crippen LogP contribution in [0.25, 0.3) is 0 Å². The minimum absolute atomic E-state index is 0.0816. The summed E-state index contributed by atoms with van der Waals surface area (Å²) in [4.78, 5) is 29.4. The number of likely N-dealkylation sites (tertiary alicyclic amines) is 2. The van der Waals surface area contributed by atoms with Gasteiger partial charge in [0, 0.05) is 38.2 Å². The van der Waals surface area contributed by atoms with Gasteiger partial charge in [0.2, 0.25) is 11.8 Å². The zero-order chi connectivity index (χ0) is 19.4. The van der Waals surface area contributed by atoms with Crippen LogP contribution in [-0.4, -0.2) is 48.4 Å². The summed E-state index contributed by atoms with van der Waals surface area (Å²) in [7, 11) is 1.64. The first-order chi connectivity index (χ1) is 13.0. The Labute approximate surface area is 162 Å². The SMILES string of the molecule is CCC1(CC)CCN(C(=O)[C@@H]2CCC(=O)N(Cc3ccccc3OC)C2)C1. The molecule has 1 atom stereocenters. The van der Waals surface area contributed by atoms with Crippen LogP contribution in [0.2, 0.25) is 0 Å². The van der Waals surface area contributed by atoms with Crippen molar-refractivity contribution in [2.24, 2.45) is 11.3 Å². The highest BCUT2D eigenvalue weighted by Crippen LogP contribution is 2.38. The fourth-order valence-corrected chi connectivity index (χ4v) is 4.52. The minimum Gasteiger partial charge on any atom is -0.496 e. The average Bonchev–Trinajstić information content (AvgIpc) is 3.15. The minimum atomic E-state index is -0.0816. The molecule has 0 spiro atoms. The second-order valence-electron chi connectivity index (χ2n) is 8.04. The summed E-state index contributed by atoms with van der Waals surface area (Å²) >= 11 is 0. The number of hydrogen-bond donors (Lipinski definition) is 0. The van der Waals surface area contributed by atoms with Crippen LogP contribution in [0.3, 0.4) is 0 Å². The number of amides is 2. The highest BCUT2D eigenvalue weighted by molar-refractivity contribution is 5.84. The molecule has 0 bridgehead atoms. The third-order valence-electron chi connectivity index (χ3n) is 6.65. The average molecular weight is 373 g/mol. The van der Waals surface area contributed by atoms with E-state index in [1.807, 2.05) is 29.2 Å². The van der Waals surface area contributed by atoms with Crippen molar-refractivity contribution in [1.29, 1.82) is 0 Å². The van der Waals surface area contributed by atoms with E-state index in [0.717, 1.165) is 43.7 Å². The lowest BCUT2D eigenvalue weighted by Gasteiger charge is -2.34. The monoisotopic (exact) mass is 372 g/mol. The third kappa shape index (κ3) is 4.12. The van der Waals surface area contributed by atoms with Gasteiger partial charge in [-0.1, -0.05) is 32.0 Å². The Morgan fingerprint density at radius 3 is 2.67 bits per heavy atom. The zero-order valence-electron chi connectivity index (χ0n) is 16.9. The summed E-state index contributed by atoms with van der Waals surface area (Å²) < 4.78 is 5.41. The molecule has 5 heteroatoms. The maximum Gasteiger partial charge on any atom is 0.227 e. The predicted octanol–water partition coefficient (Wildman–Crippen LogP) is 3.47. The van der Waals surface area contributed by atoms with Gasteiger partial charge in [-0.25, -0.2) is 0 Å². The molecular formula is C22H32N2O3. The maximum absolute atomic E-state index is 13.1. The molecular weight excluding hydrogens is 340 g/mol. The third-order valence-corrected chi connectivity index (χ3v) is 6.65. The number of benzene rings is 1. The van der Waals surface area contributed by atoms with Crippen molar-refractivity contribution < 1.29 is 14.3 Å². The predicted molar refractivity (Wildman–Crippen MR) is 105 cm³/mol. The van der Waals surface area contributed by atoms with Gasteiger partial charge in [0.05, 0.1) is 13.0 Å². The molecule has 2 heterocycles. The van der Waals surface area contributed by atoms with Crippen LogP contribution in [0.5, 0.6) is 5.75 Å². The smallest absolute Gasteiger partial charge is 0.227 e. The van der Waals surface area contributed by atoms with Gasteiger partial charge < -0.3 is 14.5 Å². The molecule has 0 saturated carbocycles. The van der Waals surface area contributed by atoms with Gasteiger partial charge in [0.25, 0.3) is 0 Å². The topological polar surface area (TPSA) is 49.9 Å². The first-order valence-corrected chi connectivity index (χ1v) is 10.2. The molecule has 0 radical (unpaired) electrons. The Bertz CT molecular complexity index is 684. The van der Waals surface area contributed by atoms with Crippen LogP contribution < -0.4 is 4.74 Å². The summed E-state index contributed by atoms with van der Waals surface area (Å²) in [5.74, 6) is 1.06. The van der Waals surface area contributed by atoms with E-state index in [0.29, 0.717) is 25.9 Å². The van der Waals surface area contributed by atoms with Crippen molar-refractivity contribution >= 4 is 11.8 Å². The van der Waals surface area contributed by atoms with E-state index in [9.17, 15) is 9.59 Å². The molecule has 0 N–H and O–H groups in total. The van der Waals surface area contributed by atoms with Crippen molar-refractivity contribution in [3.8, 4) is 5.75 Å². The molecule has 1 aromatic carbocycles. The van der Waals surface area contributed by atoms with E-state index in [1.165, 1.54) is 0 Å². The van der Waals surface area contributed by atoms with Gasteiger partial charge in [-0.05, 0) is 37.2 Å². The lowest BCUT2D eigenvalue weighted by molar-refractivity contribution is -0.143. The highest BCUT2D eigenvalue weighted by Gasteiger charge is 2.40. The number of para-hydroxylation sites is 1. The quantitative estimate of drug-likeness (QED) is 0.768. The van der Waals surface area contributed by atoms with Crippen molar-refractivity contribution in [2.75, 3.05) is 26.7 Å². The van der Waals surface area contributed by atoms with Crippen molar-refractivity contribution in [3.63, 3.8) is 0 Å². The fourth-order valence-electron chi connectivity index (χ4n) is 4.52. The lowest BCUT2D eigenvalue weighted by Crippen LogP contribution is -2.46. The van der Waals surface area contributed by atoms with Crippen LogP contribution in [0.15, 0.2) is 24.3 Å². The molecule has 27 heavy (non-hydrogen) atoms. The summed E-state index contributed by atoms with van der Waals surface area (Å²) in [5, 5.41) is 0. The van der Waals surface area contributed by atoms with Gasteiger partial charge in [0.1, 0.15) is 5.75 Å². The van der Waals surface area contributed by atoms with Gasteiger partial charge in [0.15, 0.2) is 0 Å². The van der Waals surface area contributed by atoms with Crippen LogP contribution in [0.1, 0.15) is 51.5 Å². The first kappa shape index (κ1) is 19.7. The van der Waals surface area contributed by atoms with E-state index in [1.54, 1.807) is 7.11 Å². The number of methoxy groups -OCH3 is 1. The second-order valence-corrected chi connectivity index (χ2v) is 8.04. The number of hydrogen-bond acceptors (Lipinski definition) is 3. The van der Waals surface area contributed by atoms with Gasteiger partial charge in [-0.15, -0.1) is 0 Å². The molecule has 0 aliphatic carbocycles. The number of carbonyl (C=O) groups is 2. The van der Waals surface area contributed by atoms with Gasteiger partial charge >= 0.3 is 0 Å². The Kier molecular flexibility index (Phi) is 6.08. The van der Waals surface area contributed by atoms with Crippen molar-refractivity contribution in [1.82, 2.24) is 9.80 Å². The number of piperidine rings is 1. The fraction of sp³-hybridized carbons (Fsp3) is 0.636. The van der Waals surface area contributed by atoms with Crippen molar-refractivity contribution in [2.45, 2.75) is 52.5 Å². The molecule has 2 fully saturated rings. The molecule has 0 aromatic heterocycles. The highest BCUT2D eigenvalue weighted by atomic mass is 16.5. The number of rotatable bonds is 6. The summed E-state index contributed by atoms with van der Waals surface area (Å²) in [6, 6.07) is 7.77. The molecule has 1 aromatic rings. The number of carbonyl (C=O) groups excluding carboxylic acids is 2. The van der Waals surface area contributed by atoms with Crippen LogP contribution in [-0.2, 0) is 16.1 Å². The summed E-state index contributed by atoms with van der Waals surface area (Å²) in [6.07, 6.45) is 4.46. The largest absolute Gasteiger partial charge is 0.496 e. The van der Waals surface area contributed by atoms with E-state index >= 15 is 0 Å². The van der Waals surface area contributed by atoms with E-state index < -0.39 is 0 Å². The van der Waals surface area contributed by atoms with E-state index in [4.69, 9.17) is 4.74 Å². The molecule has 3 rings (SSSR count). The maximum atomic E-state index is 13.1. The molecule has 2 aliphatic rings. The lowest BCUT2D eigenvalue weighted by atomic mass is 9.82. The van der Waals surface area contributed by atoms with Crippen LogP contribution >= 0.6 is 0 Å². The van der Waals surface area contributed by atoms with Gasteiger partial charge in [-0.2, -0.15) is 0 Å². The first-order valence-electron chi connectivity index (χ1n) is 10.2. The second kappa shape index (κ2) is 8.32. The molecule has 2 saturated heterocycles. The normalized spacial score (nSPS) is 22.2. The zero-order valence-corrected chi connectivity index (χ0v) is 16.9. The van der Waals surface area contributed by atoms with Crippen LogP contribution in [0.4, 0.5) is 0 Å². The number of nitrogens with zero attached hydrogens (tertiary/aromatic N) is 2. The molecule has 5 nitrogen and oxygen atoms in total. The Hall–Kier alpha value is -2.04. The number of ether oxygens (including phenoxy) is 1. The Morgan fingerprint density at radius 2 is 2.00 bits per heavy atom. The summed E-state index contributed by atoms with van der Waals surface area (Å²) in [6.45, 7) is 7.20. The molecule has 2 aliphatic heterocycles. The molecule has 2 amide bonds. The Morgan fingerprint density at radius 1 is 1.26 bits per heavy atom. The van der Waals surface area contributed by atoms with Crippen LogP contribution in [0, 0.1) is 11.3 Å². The van der Waals surface area contributed by atoms with E-state index in [2.05, 4.69) is 18.7 Å². The van der Waals surface area contributed by atoms with Crippen molar-refractivity contribution in [3.05, 3.63) is 29.8 Å². The standard InChI is InChI=1S/C22H32N2O3/c1-4-22(5-2)12-13-23(16-22)21(26)18-10-11-20(25)24(15-18)14-17-8-6-7-9-19(17)27-3/h6-9,18H,4-5,10-16H2,1-3H3/t18-/m1/s1. The molecule has 148 valence electrons. The van der Waals surface area contributed by atoms with E-state index in [-0.39, 0.29) is 23.1 Å². The molecule has 0 unspecified atom stereocenters. The van der Waals surface area contributed by atoms with Gasteiger partial charge in [-0.3, -0.25) is 9.59 Å². The summed E-state index contributed by atoms with van der Waals surface area (Å²) in [5.41, 5.74) is 1.27.